The van der Waals surface area contributed by atoms with E-state index in [1.54, 1.807) is 17.7 Å². The maximum absolute atomic E-state index is 5.46. The first-order valence-corrected chi connectivity index (χ1v) is 12.8. The van der Waals surface area contributed by atoms with Gasteiger partial charge in [-0.05, 0) is 48.1 Å². The molecule has 0 aromatic carbocycles. The van der Waals surface area contributed by atoms with Gasteiger partial charge in [0, 0.05) is 37.3 Å². The summed E-state index contributed by atoms with van der Waals surface area (Å²) in [7, 11) is 0. The summed E-state index contributed by atoms with van der Waals surface area (Å²) in [6.07, 6.45) is 6.21. The Morgan fingerprint density at radius 3 is 2.78 bits per heavy atom. The molecule has 5 rings (SSSR count). The molecule has 1 aliphatic heterocycles. The van der Waals surface area contributed by atoms with Crippen molar-refractivity contribution in [2.45, 2.75) is 53.4 Å². The summed E-state index contributed by atoms with van der Waals surface area (Å²) >= 11 is 1.76. The van der Waals surface area contributed by atoms with Crippen LogP contribution in [-0.2, 0) is 24.0 Å². The fraction of sp³-hybridized carbons (Fsp3) is 0.640. The molecule has 3 aromatic rings. The second kappa shape index (κ2) is 8.84. The minimum atomic E-state index is 0.316. The molecule has 0 radical (unpaired) electrons. The normalized spacial score (nSPS) is 19.0. The monoisotopic (exact) mass is 453 g/mol. The smallest absolute Gasteiger partial charge is 0.147 e. The lowest BCUT2D eigenvalue weighted by Gasteiger charge is -2.33. The summed E-state index contributed by atoms with van der Waals surface area (Å²) in [5, 5.41) is 4.86. The van der Waals surface area contributed by atoms with Crippen molar-refractivity contribution in [1.82, 2.24) is 19.9 Å². The van der Waals surface area contributed by atoms with E-state index in [-0.39, 0.29) is 0 Å². The topological polar surface area (TPSA) is 63.2 Å². The van der Waals surface area contributed by atoms with Crippen LogP contribution in [0.5, 0.6) is 0 Å². The summed E-state index contributed by atoms with van der Waals surface area (Å²) in [4.78, 5) is 18.2. The average molecular weight is 454 g/mol. The molecular formula is C25H35N5OS. The predicted octanol–water partition coefficient (Wildman–Crippen LogP) is 4.70. The molecule has 0 atom stereocenters. The van der Waals surface area contributed by atoms with Crippen LogP contribution in [0.15, 0.2) is 6.33 Å². The molecule has 0 spiro atoms. The molecular weight excluding hydrogens is 418 g/mol. The van der Waals surface area contributed by atoms with E-state index in [0.717, 1.165) is 79.5 Å². The number of rotatable bonds is 6. The summed E-state index contributed by atoms with van der Waals surface area (Å²) in [5.74, 6) is 1.55. The third-order valence-electron chi connectivity index (χ3n) is 6.84. The molecule has 4 heterocycles. The molecule has 1 N–H and O–H groups in total. The molecule has 1 fully saturated rings. The quantitative estimate of drug-likeness (QED) is 0.584. The minimum Gasteiger partial charge on any atom is -0.379 e. The van der Waals surface area contributed by atoms with E-state index < -0.39 is 0 Å². The number of aromatic nitrogens is 3. The second-order valence-electron chi connectivity index (χ2n) is 10.5. The highest BCUT2D eigenvalue weighted by molar-refractivity contribution is 7.26. The zero-order valence-electron chi connectivity index (χ0n) is 19.8. The van der Waals surface area contributed by atoms with Gasteiger partial charge in [0.2, 0.25) is 0 Å². The number of fused-ring (bicyclic) bond motifs is 5. The maximum atomic E-state index is 5.46. The van der Waals surface area contributed by atoms with Gasteiger partial charge >= 0.3 is 0 Å². The molecule has 0 bridgehead atoms. The first-order valence-electron chi connectivity index (χ1n) is 12.0. The Morgan fingerprint density at radius 2 is 2.00 bits per heavy atom. The van der Waals surface area contributed by atoms with Crippen molar-refractivity contribution >= 4 is 37.6 Å². The van der Waals surface area contributed by atoms with Gasteiger partial charge in [-0.2, -0.15) is 0 Å². The Labute approximate surface area is 194 Å². The van der Waals surface area contributed by atoms with Gasteiger partial charge in [0.05, 0.1) is 23.4 Å². The van der Waals surface area contributed by atoms with Crippen LogP contribution < -0.4 is 5.32 Å². The van der Waals surface area contributed by atoms with Crippen LogP contribution in [-0.4, -0.2) is 59.2 Å². The van der Waals surface area contributed by atoms with E-state index in [0.29, 0.717) is 11.3 Å². The van der Waals surface area contributed by atoms with Crippen molar-refractivity contribution in [2.75, 3.05) is 44.7 Å². The predicted molar refractivity (Wildman–Crippen MR) is 133 cm³/mol. The third kappa shape index (κ3) is 4.35. The van der Waals surface area contributed by atoms with Crippen molar-refractivity contribution in [3.8, 4) is 0 Å². The minimum absolute atomic E-state index is 0.316. The van der Waals surface area contributed by atoms with Gasteiger partial charge in [0.1, 0.15) is 17.0 Å². The van der Waals surface area contributed by atoms with Gasteiger partial charge < -0.3 is 10.1 Å². The number of thiophene rings is 1. The molecule has 3 aromatic heterocycles. The molecule has 1 aliphatic carbocycles. The summed E-state index contributed by atoms with van der Waals surface area (Å²) in [6.45, 7) is 14.9. The molecule has 7 heteroatoms. The number of hydrogen-bond donors (Lipinski definition) is 1. The zero-order chi connectivity index (χ0) is 22.3. The van der Waals surface area contributed by atoms with Crippen LogP contribution in [0, 0.1) is 11.3 Å². The van der Waals surface area contributed by atoms with Crippen LogP contribution in [0.4, 0.5) is 5.82 Å². The number of pyridine rings is 1. The standard InChI is InChI=1S/C25H35N5OS/c1-16(2)13-19-17-5-6-25(3,4)14-18(17)20-21-22(32-24(20)29-19)23(28-15-27-21)26-7-8-30-9-11-31-12-10-30/h15-16H,5-14H2,1-4H3,(H,26,27,28). The first-order chi connectivity index (χ1) is 15.4. The van der Waals surface area contributed by atoms with E-state index in [1.165, 1.54) is 28.6 Å². The Balaban J connectivity index is 1.53. The number of morpholine rings is 1. The Bertz CT molecular complexity index is 1120. The molecule has 0 amide bonds. The number of ether oxygens (including phenoxy) is 1. The van der Waals surface area contributed by atoms with Gasteiger partial charge in [-0.3, -0.25) is 4.90 Å². The van der Waals surface area contributed by atoms with E-state index >= 15 is 0 Å². The SMILES string of the molecule is CC(C)Cc1nc2sc3c(NCCN4CCOCC4)ncnc3c2c2c1CCC(C)(C)C2. The Morgan fingerprint density at radius 1 is 1.19 bits per heavy atom. The van der Waals surface area contributed by atoms with E-state index in [2.05, 4.69) is 42.9 Å². The first kappa shape index (κ1) is 22.0. The lowest BCUT2D eigenvalue weighted by molar-refractivity contribution is 0.0398. The lowest BCUT2D eigenvalue weighted by atomic mass is 9.73. The molecule has 0 saturated carbocycles. The second-order valence-corrected chi connectivity index (χ2v) is 11.5. The van der Waals surface area contributed by atoms with Crippen LogP contribution in [0.3, 0.4) is 0 Å². The highest BCUT2D eigenvalue weighted by Gasteiger charge is 2.31. The highest BCUT2D eigenvalue weighted by Crippen LogP contribution is 2.44. The largest absolute Gasteiger partial charge is 0.379 e. The van der Waals surface area contributed by atoms with Gasteiger partial charge in [0.25, 0.3) is 0 Å². The van der Waals surface area contributed by atoms with Crippen molar-refractivity contribution in [3.05, 3.63) is 23.1 Å². The summed E-state index contributed by atoms with van der Waals surface area (Å²) in [5.41, 5.74) is 5.68. The Hall–Kier alpha value is -1.83. The van der Waals surface area contributed by atoms with Crippen molar-refractivity contribution in [3.63, 3.8) is 0 Å². The number of anilines is 1. The average Bonchev–Trinajstić information content (AvgIpc) is 3.13. The van der Waals surface area contributed by atoms with Crippen LogP contribution >= 0.6 is 11.3 Å². The van der Waals surface area contributed by atoms with Crippen LogP contribution in [0.25, 0.3) is 20.4 Å². The fourth-order valence-electron chi connectivity index (χ4n) is 5.12. The number of nitrogens with zero attached hydrogens (tertiary/aromatic N) is 4. The van der Waals surface area contributed by atoms with Crippen molar-refractivity contribution in [1.29, 1.82) is 0 Å². The molecule has 172 valence electrons. The van der Waals surface area contributed by atoms with E-state index in [9.17, 15) is 0 Å². The zero-order valence-corrected chi connectivity index (χ0v) is 20.6. The van der Waals surface area contributed by atoms with Crippen LogP contribution in [0.2, 0.25) is 0 Å². The van der Waals surface area contributed by atoms with Gasteiger partial charge in [0.15, 0.2) is 0 Å². The van der Waals surface area contributed by atoms with Crippen molar-refractivity contribution in [2.24, 2.45) is 11.3 Å². The summed E-state index contributed by atoms with van der Waals surface area (Å²) < 4.78 is 6.60. The lowest BCUT2D eigenvalue weighted by Crippen LogP contribution is -2.39. The van der Waals surface area contributed by atoms with E-state index in [4.69, 9.17) is 14.7 Å². The molecule has 2 aliphatic rings. The molecule has 32 heavy (non-hydrogen) atoms. The fourth-order valence-corrected chi connectivity index (χ4v) is 6.27. The molecule has 6 nitrogen and oxygen atoms in total. The van der Waals surface area contributed by atoms with Crippen molar-refractivity contribution < 1.29 is 4.74 Å². The molecule has 1 saturated heterocycles. The van der Waals surface area contributed by atoms with Crippen LogP contribution in [0.1, 0.15) is 50.9 Å². The summed E-state index contributed by atoms with van der Waals surface area (Å²) in [6, 6.07) is 0. The number of nitrogens with one attached hydrogen (secondary N) is 1. The van der Waals surface area contributed by atoms with E-state index in [1.807, 2.05) is 0 Å². The Kier molecular flexibility index (Phi) is 6.07. The maximum Gasteiger partial charge on any atom is 0.147 e. The van der Waals surface area contributed by atoms with Gasteiger partial charge in [-0.15, -0.1) is 11.3 Å². The highest BCUT2D eigenvalue weighted by atomic mass is 32.1. The third-order valence-corrected chi connectivity index (χ3v) is 7.92. The van der Waals surface area contributed by atoms with Gasteiger partial charge in [-0.1, -0.05) is 27.7 Å². The molecule has 0 unspecified atom stereocenters. The number of hydrogen-bond acceptors (Lipinski definition) is 7. The van der Waals surface area contributed by atoms with Gasteiger partial charge in [-0.25, -0.2) is 15.0 Å².